The molecule has 1 aliphatic carbocycles. The number of rotatable bonds is 13. The highest BCUT2D eigenvalue weighted by Gasteiger charge is 2.41. The number of ether oxygens (including phenoxy) is 2. The van der Waals surface area contributed by atoms with Gasteiger partial charge in [0.25, 0.3) is 0 Å². The lowest BCUT2D eigenvalue weighted by molar-refractivity contribution is -0.145. The number of hydrogen-bond donors (Lipinski definition) is 2. The second kappa shape index (κ2) is 14.8. The van der Waals surface area contributed by atoms with Crippen molar-refractivity contribution in [3.63, 3.8) is 0 Å². The first-order chi connectivity index (χ1) is 18.8. The number of nitrogens with one attached hydrogen (secondary N) is 1. The van der Waals surface area contributed by atoms with Gasteiger partial charge >= 0.3 is 12.0 Å². The van der Waals surface area contributed by atoms with Crippen molar-refractivity contribution in [2.75, 3.05) is 19.8 Å². The number of benzene rings is 2. The molecule has 0 saturated heterocycles. The molecule has 0 radical (unpaired) electrons. The monoisotopic (exact) mass is 538 g/mol. The van der Waals surface area contributed by atoms with E-state index in [0.717, 1.165) is 67.6 Å². The maximum atomic E-state index is 13.9. The number of aliphatic carboxylic acids is 1. The zero-order valence-electron chi connectivity index (χ0n) is 24.1. The van der Waals surface area contributed by atoms with E-state index >= 15 is 0 Å². The number of nitrogens with zero attached hydrogens (tertiary/aromatic N) is 1. The van der Waals surface area contributed by atoms with Crippen LogP contribution in [0.2, 0.25) is 0 Å². The second-order valence-corrected chi connectivity index (χ2v) is 10.6. The lowest BCUT2D eigenvalue weighted by Gasteiger charge is -2.36. The molecule has 0 heterocycles. The summed E-state index contributed by atoms with van der Waals surface area (Å²) in [6.07, 6.45) is 7.15. The molecule has 0 aromatic heterocycles. The molecule has 1 atom stereocenters. The van der Waals surface area contributed by atoms with E-state index < -0.39 is 11.5 Å². The fourth-order valence-corrected chi connectivity index (χ4v) is 5.44. The lowest BCUT2D eigenvalue weighted by atomic mass is 9.90. The molecule has 1 aliphatic rings. The molecule has 1 fully saturated rings. The van der Waals surface area contributed by atoms with E-state index in [9.17, 15) is 14.7 Å². The predicted molar refractivity (Wildman–Crippen MR) is 155 cm³/mol. The maximum Gasteiger partial charge on any atom is 0.329 e. The molecule has 7 heteroatoms. The second-order valence-electron chi connectivity index (χ2n) is 10.6. The van der Waals surface area contributed by atoms with Gasteiger partial charge in [0.2, 0.25) is 0 Å². The molecule has 3 rings (SSSR count). The minimum Gasteiger partial charge on any atom is -0.493 e. The number of aryl methyl sites for hydroxylation is 1. The molecule has 0 bridgehead atoms. The van der Waals surface area contributed by atoms with Crippen LogP contribution in [0.4, 0.5) is 4.79 Å². The molecular formula is C32H46N2O5. The molecule has 0 spiro atoms. The Balaban J connectivity index is 1.87. The van der Waals surface area contributed by atoms with Crippen LogP contribution in [0.15, 0.2) is 42.5 Å². The summed E-state index contributed by atoms with van der Waals surface area (Å²) in [5, 5.41) is 13.2. The summed E-state index contributed by atoms with van der Waals surface area (Å²) in [5.74, 6) is 0.531. The van der Waals surface area contributed by atoms with E-state index in [4.69, 9.17) is 9.47 Å². The molecular weight excluding hydrogens is 492 g/mol. The SMILES string of the molecule is CCOc1cc([C@@H](C)N(CCCCc2ccccc2)C(=O)NC2(C(=O)O)CCCCCC2)cc(OCC)c1C. The van der Waals surface area contributed by atoms with Gasteiger partial charge in [0, 0.05) is 12.1 Å². The summed E-state index contributed by atoms with van der Waals surface area (Å²) in [6, 6.07) is 13.7. The van der Waals surface area contributed by atoms with Crippen molar-refractivity contribution in [3.05, 3.63) is 59.2 Å². The minimum atomic E-state index is -1.23. The Morgan fingerprint density at radius 1 is 0.974 bits per heavy atom. The third kappa shape index (κ3) is 8.13. The Morgan fingerprint density at radius 2 is 1.56 bits per heavy atom. The zero-order valence-corrected chi connectivity index (χ0v) is 24.1. The first-order valence-corrected chi connectivity index (χ1v) is 14.6. The molecule has 214 valence electrons. The molecule has 0 aliphatic heterocycles. The Hall–Kier alpha value is -3.22. The molecule has 0 unspecified atom stereocenters. The van der Waals surface area contributed by atoms with E-state index in [1.807, 2.05) is 58.0 Å². The Bertz CT molecular complexity index is 1040. The third-order valence-electron chi connectivity index (χ3n) is 7.82. The molecule has 1 saturated carbocycles. The van der Waals surface area contributed by atoms with Gasteiger partial charge in [0.15, 0.2) is 0 Å². The Kier molecular flexibility index (Phi) is 11.5. The topological polar surface area (TPSA) is 88.1 Å². The van der Waals surface area contributed by atoms with Gasteiger partial charge < -0.3 is 24.8 Å². The van der Waals surface area contributed by atoms with Gasteiger partial charge in [-0.1, -0.05) is 56.0 Å². The van der Waals surface area contributed by atoms with E-state index in [2.05, 4.69) is 17.4 Å². The standard InChI is InChI=1S/C32H46N2O5/c1-5-38-28-22-27(23-29(24(28)3)39-6-2)25(4)34(21-15-12-18-26-16-10-9-11-17-26)31(37)33-32(30(35)36)19-13-7-8-14-20-32/h9-11,16-17,22-23,25H,5-8,12-15,18-21H2,1-4H3,(H,33,37)(H,35,36)/t25-/m1/s1. The summed E-state index contributed by atoms with van der Waals surface area (Å²) in [5.41, 5.74) is 1.87. The van der Waals surface area contributed by atoms with Crippen LogP contribution in [0.1, 0.15) is 94.9 Å². The smallest absolute Gasteiger partial charge is 0.329 e. The van der Waals surface area contributed by atoms with Crippen molar-refractivity contribution in [1.82, 2.24) is 10.2 Å². The predicted octanol–water partition coefficient (Wildman–Crippen LogP) is 7.07. The Morgan fingerprint density at radius 3 is 2.10 bits per heavy atom. The van der Waals surface area contributed by atoms with E-state index in [1.54, 1.807) is 4.90 Å². The number of carbonyl (C=O) groups excluding carboxylic acids is 1. The zero-order chi connectivity index (χ0) is 28.3. The van der Waals surface area contributed by atoms with Gasteiger partial charge in [0.05, 0.1) is 19.3 Å². The van der Waals surface area contributed by atoms with Crippen LogP contribution in [0.25, 0.3) is 0 Å². The van der Waals surface area contributed by atoms with E-state index in [0.29, 0.717) is 32.6 Å². The molecule has 2 aromatic rings. The van der Waals surface area contributed by atoms with Gasteiger partial charge in [-0.15, -0.1) is 0 Å². The quantitative estimate of drug-likeness (QED) is 0.210. The fourth-order valence-electron chi connectivity index (χ4n) is 5.44. The molecule has 39 heavy (non-hydrogen) atoms. The number of unbranched alkanes of at least 4 members (excludes halogenated alkanes) is 1. The number of hydrogen-bond acceptors (Lipinski definition) is 4. The summed E-state index contributed by atoms with van der Waals surface area (Å²) in [4.78, 5) is 28.1. The van der Waals surface area contributed by atoms with Gasteiger partial charge in [-0.05, 0) is 83.1 Å². The number of carbonyl (C=O) groups is 2. The summed E-state index contributed by atoms with van der Waals surface area (Å²) < 4.78 is 11.8. The molecule has 2 N–H and O–H groups in total. The molecule has 7 nitrogen and oxygen atoms in total. The van der Waals surface area contributed by atoms with Crippen LogP contribution >= 0.6 is 0 Å². The van der Waals surface area contributed by atoms with Gasteiger partial charge in [0.1, 0.15) is 17.0 Å². The Labute approximate surface area is 233 Å². The number of urea groups is 1. The third-order valence-corrected chi connectivity index (χ3v) is 7.82. The van der Waals surface area contributed by atoms with Gasteiger partial charge in [-0.3, -0.25) is 0 Å². The van der Waals surface area contributed by atoms with Crippen molar-refractivity contribution in [2.24, 2.45) is 0 Å². The van der Waals surface area contributed by atoms with Crippen molar-refractivity contribution >= 4 is 12.0 Å². The lowest BCUT2D eigenvalue weighted by Crippen LogP contribution is -2.58. The average Bonchev–Trinajstić information content (AvgIpc) is 3.17. The van der Waals surface area contributed by atoms with Gasteiger partial charge in [-0.2, -0.15) is 0 Å². The van der Waals surface area contributed by atoms with Crippen LogP contribution in [0.5, 0.6) is 11.5 Å². The number of amides is 2. The first kappa shape index (κ1) is 30.3. The highest BCUT2D eigenvalue weighted by atomic mass is 16.5. The first-order valence-electron chi connectivity index (χ1n) is 14.6. The van der Waals surface area contributed by atoms with Gasteiger partial charge in [-0.25, -0.2) is 9.59 Å². The van der Waals surface area contributed by atoms with Crippen molar-refractivity contribution in [1.29, 1.82) is 0 Å². The molecule has 2 amide bonds. The van der Waals surface area contributed by atoms with Crippen LogP contribution in [-0.2, 0) is 11.2 Å². The molecule has 2 aromatic carbocycles. The van der Waals surface area contributed by atoms with Crippen LogP contribution in [0, 0.1) is 6.92 Å². The normalized spacial score (nSPS) is 15.6. The summed E-state index contributed by atoms with van der Waals surface area (Å²) >= 11 is 0. The average molecular weight is 539 g/mol. The van der Waals surface area contributed by atoms with Crippen molar-refractivity contribution < 1.29 is 24.2 Å². The highest BCUT2D eigenvalue weighted by Crippen LogP contribution is 2.35. The number of carboxylic acid groups (broad SMARTS) is 1. The highest BCUT2D eigenvalue weighted by molar-refractivity contribution is 5.86. The minimum absolute atomic E-state index is 0.308. The van der Waals surface area contributed by atoms with Crippen LogP contribution in [-0.4, -0.2) is 47.3 Å². The van der Waals surface area contributed by atoms with E-state index in [1.165, 1.54) is 5.56 Å². The summed E-state index contributed by atoms with van der Waals surface area (Å²) in [6.45, 7) is 9.41. The fraction of sp³-hybridized carbons (Fsp3) is 0.562. The van der Waals surface area contributed by atoms with E-state index in [-0.39, 0.29) is 12.1 Å². The maximum absolute atomic E-state index is 13.9. The van der Waals surface area contributed by atoms with Crippen LogP contribution in [0.3, 0.4) is 0 Å². The van der Waals surface area contributed by atoms with Crippen molar-refractivity contribution in [2.45, 2.75) is 97.1 Å². The van der Waals surface area contributed by atoms with Crippen LogP contribution < -0.4 is 14.8 Å². The van der Waals surface area contributed by atoms with Crippen molar-refractivity contribution in [3.8, 4) is 11.5 Å². The summed E-state index contributed by atoms with van der Waals surface area (Å²) in [7, 11) is 0. The largest absolute Gasteiger partial charge is 0.493 e. The number of carboxylic acids is 1.